The van der Waals surface area contributed by atoms with E-state index >= 15 is 0 Å². The van der Waals surface area contributed by atoms with Gasteiger partial charge in [-0.1, -0.05) is 41.5 Å². The van der Waals surface area contributed by atoms with E-state index in [-0.39, 0.29) is 24.8 Å². The Balaban J connectivity index is 1.67. The Morgan fingerprint density at radius 2 is 1.83 bits per heavy atom. The van der Waals surface area contributed by atoms with Gasteiger partial charge in [0, 0.05) is 18.5 Å². The molecule has 1 heterocycles. The Hall–Kier alpha value is -3.26. The third-order valence-electron chi connectivity index (χ3n) is 5.94. The molecule has 1 aliphatic rings. The van der Waals surface area contributed by atoms with E-state index in [1.807, 2.05) is 0 Å². The van der Waals surface area contributed by atoms with Crippen molar-refractivity contribution in [3.63, 3.8) is 0 Å². The van der Waals surface area contributed by atoms with E-state index in [2.05, 4.69) is 0 Å². The summed E-state index contributed by atoms with van der Waals surface area (Å²) >= 11 is 0. The number of hydrogen-bond donors (Lipinski definition) is 1. The van der Waals surface area contributed by atoms with Crippen LogP contribution < -0.4 is 0 Å². The zero-order valence-electron chi connectivity index (χ0n) is 21.0. The highest BCUT2D eigenvalue weighted by atomic mass is 19.3. The number of nitrogens with zero attached hydrogens (tertiary/aromatic N) is 1. The van der Waals surface area contributed by atoms with Crippen molar-refractivity contribution < 1.29 is 33.0 Å². The lowest BCUT2D eigenvalue weighted by molar-refractivity contribution is -0.0930. The normalized spacial score (nSPS) is 17.4. The first kappa shape index (κ1) is 27.3. The van der Waals surface area contributed by atoms with Crippen LogP contribution in [0, 0.1) is 13.8 Å². The van der Waals surface area contributed by atoms with Crippen molar-refractivity contribution in [3.05, 3.63) is 82.4 Å². The molecule has 1 fully saturated rings. The highest BCUT2D eigenvalue weighted by Crippen LogP contribution is 2.34. The fraction of sp³-hybridized carbons (Fsp3) is 0.429. The van der Waals surface area contributed by atoms with Gasteiger partial charge in [-0.3, -0.25) is 0 Å². The molecule has 194 valence electrons. The first-order valence-corrected chi connectivity index (χ1v) is 12.0. The van der Waals surface area contributed by atoms with Gasteiger partial charge in [0.1, 0.15) is 6.10 Å². The number of ether oxygens (including phenoxy) is 2. The molecule has 0 aliphatic carbocycles. The summed E-state index contributed by atoms with van der Waals surface area (Å²) in [7, 11) is 0. The number of halogens is 2. The molecule has 0 saturated carbocycles. The van der Waals surface area contributed by atoms with Crippen LogP contribution in [0.3, 0.4) is 0 Å². The van der Waals surface area contributed by atoms with Gasteiger partial charge >= 0.3 is 18.0 Å². The Morgan fingerprint density at radius 1 is 1.19 bits per heavy atom. The van der Waals surface area contributed by atoms with Crippen LogP contribution in [-0.4, -0.2) is 53.5 Å². The predicted molar refractivity (Wildman–Crippen MR) is 132 cm³/mol. The molecule has 0 spiro atoms. The molecule has 1 saturated heterocycles. The van der Waals surface area contributed by atoms with Gasteiger partial charge in [-0.15, -0.1) is 0 Å². The number of esters is 1. The van der Waals surface area contributed by atoms with Crippen molar-refractivity contribution in [2.75, 3.05) is 13.2 Å². The molecule has 36 heavy (non-hydrogen) atoms. The number of carbonyl (C=O) groups excluding carboxylic acids is 2. The first-order valence-electron chi connectivity index (χ1n) is 12.0. The molecule has 6 nitrogen and oxygen atoms in total. The lowest BCUT2D eigenvalue weighted by Crippen LogP contribution is -2.45. The van der Waals surface area contributed by atoms with Gasteiger partial charge in [-0.05, 0) is 63.9 Å². The van der Waals surface area contributed by atoms with Crippen LogP contribution in [0.4, 0.5) is 13.6 Å². The van der Waals surface area contributed by atoms with Gasteiger partial charge in [-0.25, -0.2) is 9.59 Å². The highest BCUT2D eigenvalue weighted by Gasteiger charge is 2.39. The molecule has 0 bridgehead atoms. The molecule has 1 amide bonds. The second kappa shape index (κ2) is 11.6. The van der Waals surface area contributed by atoms with Crippen LogP contribution in [0.2, 0.25) is 0 Å². The number of hydrogen-bond acceptors (Lipinski definition) is 5. The molecular formula is C28H33F2NO5. The lowest BCUT2D eigenvalue weighted by Gasteiger charge is -2.33. The zero-order chi connectivity index (χ0) is 26.5. The minimum absolute atomic E-state index is 0.167. The van der Waals surface area contributed by atoms with E-state index < -0.39 is 30.1 Å². The average Bonchev–Trinajstić information content (AvgIpc) is 2.81. The summed E-state index contributed by atoms with van der Waals surface area (Å²) in [6, 6.07) is 10.9. The van der Waals surface area contributed by atoms with Gasteiger partial charge < -0.3 is 19.5 Å². The Labute approximate surface area is 210 Å². The van der Waals surface area contributed by atoms with Crippen molar-refractivity contribution in [2.45, 2.75) is 64.7 Å². The number of rotatable bonds is 9. The fourth-order valence-corrected chi connectivity index (χ4v) is 4.13. The minimum Gasteiger partial charge on any atom is -0.459 e. The monoisotopic (exact) mass is 501 g/mol. The van der Waals surface area contributed by atoms with Gasteiger partial charge in [0.25, 0.3) is 0 Å². The molecule has 2 atom stereocenters. The Morgan fingerprint density at radius 3 is 2.44 bits per heavy atom. The summed E-state index contributed by atoms with van der Waals surface area (Å²) in [5.41, 5.74) is 2.44. The zero-order valence-corrected chi connectivity index (χ0v) is 21.0. The second-order valence-corrected chi connectivity index (χ2v) is 9.39. The molecule has 0 unspecified atom stereocenters. The third-order valence-corrected chi connectivity index (χ3v) is 5.94. The number of aliphatic hydroxyl groups excluding tert-OH is 1. The summed E-state index contributed by atoms with van der Waals surface area (Å²) < 4.78 is 40.2. The maximum atomic E-state index is 14.9. The van der Waals surface area contributed by atoms with E-state index in [0.29, 0.717) is 29.5 Å². The molecule has 2 aromatic carbocycles. The average molecular weight is 502 g/mol. The number of cyclic esters (lactones) is 1. The van der Waals surface area contributed by atoms with E-state index in [4.69, 9.17) is 9.47 Å². The summed E-state index contributed by atoms with van der Waals surface area (Å²) in [6.07, 6.45) is 0.604. The van der Waals surface area contributed by atoms with Crippen LogP contribution in [0.25, 0.3) is 0 Å². The van der Waals surface area contributed by atoms with Gasteiger partial charge in [0.05, 0.1) is 24.3 Å². The quantitative estimate of drug-likeness (QED) is 0.371. The number of amides is 1. The second-order valence-electron chi connectivity index (χ2n) is 9.39. The van der Waals surface area contributed by atoms with Gasteiger partial charge in [0.15, 0.2) is 0 Å². The Kier molecular flexibility index (Phi) is 8.84. The Bertz CT molecular complexity index is 1080. The van der Waals surface area contributed by atoms with Gasteiger partial charge in [-0.2, -0.15) is 8.78 Å². The van der Waals surface area contributed by atoms with E-state index in [1.165, 1.54) is 23.1 Å². The summed E-state index contributed by atoms with van der Waals surface area (Å²) in [5, 5.41) is 10.3. The minimum atomic E-state index is -3.48. The van der Waals surface area contributed by atoms with E-state index in [1.54, 1.807) is 58.0 Å². The van der Waals surface area contributed by atoms with Crippen molar-refractivity contribution >= 4 is 12.1 Å². The number of carbonyl (C=O) groups is 2. The molecule has 1 N–H and O–H groups in total. The number of benzene rings is 2. The lowest BCUT2D eigenvalue weighted by atomic mass is 9.97. The van der Waals surface area contributed by atoms with Crippen LogP contribution in [0.1, 0.15) is 52.9 Å². The van der Waals surface area contributed by atoms with Crippen LogP contribution in [-0.2, 0) is 21.8 Å². The van der Waals surface area contributed by atoms with Crippen molar-refractivity contribution in [2.24, 2.45) is 0 Å². The van der Waals surface area contributed by atoms with Crippen molar-refractivity contribution in [3.8, 4) is 0 Å². The first-order chi connectivity index (χ1) is 17.0. The summed E-state index contributed by atoms with van der Waals surface area (Å²) in [5.74, 6) is -3.89. The summed E-state index contributed by atoms with van der Waals surface area (Å²) in [6.45, 7) is 7.46. The van der Waals surface area contributed by atoms with Crippen LogP contribution in [0.15, 0.2) is 54.6 Å². The van der Waals surface area contributed by atoms with E-state index in [9.17, 15) is 23.5 Å². The SMILES string of the molecule is Cc1cc(C)cc(C(F)(F)[C@H](O)/C=C/[C@H]2CCOC(=O)N2CCc2ccc(C(=O)OC(C)C)cc2)c1. The molecule has 8 heteroatoms. The van der Waals surface area contributed by atoms with E-state index in [0.717, 1.165) is 11.6 Å². The fourth-order valence-electron chi connectivity index (χ4n) is 4.13. The van der Waals surface area contributed by atoms with Crippen LogP contribution >= 0.6 is 0 Å². The smallest absolute Gasteiger partial charge is 0.410 e. The molecule has 2 aromatic rings. The highest BCUT2D eigenvalue weighted by molar-refractivity contribution is 5.89. The summed E-state index contributed by atoms with van der Waals surface area (Å²) in [4.78, 5) is 25.9. The number of alkyl halides is 2. The van der Waals surface area contributed by atoms with Crippen LogP contribution in [0.5, 0.6) is 0 Å². The largest absolute Gasteiger partial charge is 0.459 e. The maximum Gasteiger partial charge on any atom is 0.410 e. The molecule has 0 radical (unpaired) electrons. The van der Waals surface area contributed by atoms with Crippen molar-refractivity contribution in [1.82, 2.24) is 4.90 Å². The topological polar surface area (TPSA) is 76.1 Å². The molecule has 0 aromatic heterocycles. The molecular weight excluding hydrogens is 468 g/mol. The van der Waals surface area contributed by atoms with Gasteiger partial charge in [0.2, 0.25) is 0 Å². The molecule has 3 rings (SSSR count). The number of aryl methyl sites for hydroxylation is 2. The standard InChI is InChI=1S/C28H33F2NO5/c1-18(2)36-26(33)22-7-5-21(6-8-22)11-13-31-24(12-14-35-27(31)34)9-10-25(32)28(29,30)23-16-19(3)15-20(4)17-23/h5-10,15-18,24-25,32H,11-14H2,1-4H3/b10-9+/t24-,25+/m0/s1. The molecule has 1 aliphatic heterocycles. The maximum absolute atomic E-state index is 14.9. The number of aliphatic hydroxyl groups is 1. The van der Waals surface area contributed by atoms with Crippen molar-refractivity contribution in [1.29, 1.82) is 0 Å². The predicted octanol–water partition coefficient (Wildman–Crippen LogP) is 5.33. The third kappa shape index (κ3) is 6.91.